The summed E-state index contributed by atoms with van der Waals surface area (Å²) in [6.07, 6.45) is 2.09. The molecule has 2 heterocycles. The molecule has 17 heavy (non-hydrogen) atoms. The highest BCUT2D eigenvalue weighted by atomic mass is 16.5. The van der Waals surface area contributed by atoms with Gasteiger partial charge in [-0.05, 0) is 6.92 Å². The maximum absolute atomic E-state index is 4.99. The molecule has 90 valence electrons. The zero-order valence-electron chi connectivity index (χ0n) is 9.67. The van der Waals surface area contributed by atoms with Gasteiger partial charge in [-0.1, -0.05) is 5.16 Å². The number of hydrogen-bond acceptors (Lipinski definition) is 7. The van der Waals surface area contributed by atoms with Crippen LogP contribution in [0.3, 0.4) is 0 Å². The van der Waals surface area contributed by atoms with Gasteiger partial charge in [0, 0.05) is 19.0 Å². The minimum atomic E-state index is 0.524. The van der Waals surface area contributed by atoms with Crippen LogP contribution in [0.5, 0.6) is 5.88 Å². The van der Waals surface area contributed by atoms with Crippen molar-refractivity contribution in [3.05, 3.63) is 24.1 Å². The van der Waals surface area contributed by atoms with Crippen LogP contribution in [0, 0.1) is 6.92 Å². The molecule has 2 aromatic heterocycles. The lowest BCUT2D eigenvalue weighted by molar-refractivity contribution is 0.377. The number of nitrogens with one attached hydrogen (secondary N) is 1. The number of rotatable bonds is 5. The van der Waals surface area contributed by atoms with E-state index in [0.29, 0.717) is 36.4 Å². The van der Waals surface area contributed by atoms with Crippen molar-refractivity contribution < 1.29 is 9.26 Å². The van der Waals surface area contributed by atoms with Crippen LogP contribution in [0.25, 0.3) is 0 Å². The summed E-state index contributed by atoms with van der Waals surface area (Å²) < 4.78 is 9.98. The molecule has 0 aliphatic rings. The van der Waals surface area contributed by atoms with Crippen molar-refractivity contribution in [1.82, 2.24) is 20.1 Å². The lowest BCUT2D eigenvalue weighted by Gasteiger charge is -2.04. The Labute approximate surface area is 98.2 Å². The Balaban J connectivity index is 1.85. The summed E-state index contributed by atoms with van der Waals surface area (Å²) >= 11 is 0. The van der Waals surface area contributed by atoms with Crippen LogP contribution in [0.1, 0.15) is 11.7 Å². The van der Waals surface area contributed by atoms with Gasteiger partial charge >= 0.3 is 0 Å². The molecule has 0 aliphatic heterocycles. The van der Waals surface area contributed by atoms with Gasteiger partial charge in [-0.25, -0.2) is 9.97 Å². The van der Waals surface area contributed by atoms with E-state index < -0.39 is 0 Å². The first kappa shape index (κ1) is 11.3. The lowest BCUT2D eigenvalue weighted by atomic mass is 10.4. The molecule has 0 fully saturated rings. The van der Waals surface area contributed by atoms with Gasteiger partial charge in [0.15, 0.2) is 5.82 Å². The van der Waals surface area contributed by atoms with Crippen molar-refractivity contribution in [2.75, 3.05) is 19.0 Å². The molecule has 0 saturated carbocycles. The molecule has 0 atom stereocenters. The van der Waals surface area contributed by atoms with E-state index in [1.807, 2.05) is 0 Å². The Morgan fingerprint density at radius 3 is 3.00 bits per heavy atom. The van der Waals surface area contributed by atoms with E-state index in [-0.39, 0.29) is 0 Å². The molecule has 0 spiro atoms. The standard InChI is InChI=1S/C10H13N5O2/c1-7-14-9(17-15-7)3-4-11-8-5-10(16-2)13-6-12-8/h5-6H,3-4H2,1-2H3,(H,11,12,13). The van der Waals surface area contributed by atoms with Crippen LogP contribution in [0.15, 0.2) is 16.9 Å². The fourth-order valence-electron chi connectivity index (χ4n) is 1.29. The topological polar surface area (TPSA) is 86.0 Å². The number of hydrogen-bond donors (Lipinski definition) is 1. The van der Waals surface area contributed by atoms with Gasteiger partial charge in [0.1, 0.15) is 12.1 Å². The third-order valence-corrected chi connectivity index (χ3v) is 2.07. The molecule has 0 unspecified atom stereocenters. The van der Waals surface area contributed by atoms with Crippen molar-refractivity contribution in [3.8, 4) is 5.88 Å². The molecular weight excluding hydrogens is 222 g/mol. The van der Waals surface area contributed by atoms with Crippen molar-refractivity contribution in [2.24, 2.45) is 0 Å². The van der Waals surface area contributed by atoms with Gasteiger partial charge in [0.25, 0.3) is 0 Å². The fourth-order valence-corrected chi connectivity index (χ4v) is 1.29. The Morgan fingerprint density at radius 2 is 2.29 bits per heavy atom. The molecule has 2 aromatic rings. The molecular formula is C10H13N5O2. The van der Waals surface area contributed by atoms with Gasteiger partial charge < -0.3 is 14.6 Å². The second-order valence-electron chi connectivity index (χ2n) is 3.36. The molecule has 7 heteroatoms. The maximum Gasteiger partial charge on any atom is 0.228 e. The second-order valence-corrected chi connectivity index (χ2v) is 3.36. The van der Waals surface area contributed by atoms with Crippen molar-refractivity contribution >= 4 is 5.82 Å². The van der Waals surface area contributed by atoms with Crippen molar-refractivity contribution in [1.29, 1.82) is 0 Å². The zero-order chi connectivity index (χ0) is 12.1. The van der Waals surface area contributed by atoms with E-state index in [1.165, 1.54) is 6.33 Å². The average Bonchev–Trinajstić information content (AvgIpc) is 2.75. The highest BCUT2D eigenvalue weighted by Gasteiger charge is 2.02. The second kappa shape index (κ2) is 5.24. The Hall–Kier alpha value is -2.18. The van der Waals surface area contributed by atoms with Crippen molar-refractivity contribution in [2.45, 2.75) is 13.3 Å². The molecule has 0 bridgehead atoms. The summed E-state index contributed by atoms with van der Waals surface area (Å²) in [4.78, 5) is 12.1. The highest BCUT2D eigenvalue weighted by Crippen LogP contribution is 2.09. The van der Waals surface area contributed by atoms with Crippen LogP contribution >= 0.6 is 0 Å². The summed E-state index contributed by atoms with van der Waals surface area (Å²) in [5.74, 6) is 2.48. The van der Waals surface area contributed by atoms with Gasteiger partial charge in [0.05, 0.1) is 7.11 Å². The summed E-state index contributed by atoms with van der Waals surface area (Å²) in [6.45, 7) is 2.44. The lowest BCUT2D eigenvalue weighted by Crippen LogP contribution is -2.07. The van der Waals surface area contributed by atoms with Gasteiger partial charge in [-0.2, -0.15) is 4.98 Å². The van der Waals surface area contributed by atoms with E-state index in [1.54, 1.807) is 20.1 Å². The summed E-state index contributed by atoms with van der Waals surface area (Å²) in [5.41, 5.74) is 0. The van der Waals surface area contributed by atoms with Crippen LogP contribution in [0.4, 0.5) is 5.82 Å². The van der Waals surface area contributed by atoms with E-state index in [4.69, 9.17) is 9.26 Å². The number of aryl methyl sites for hydroxylation is 1. The monoisotopic (exact) mass is 235 g/mol. The van der Waals surface area contributed by atoms with Crippen LogP contribution < -0.4 is 10.1 Å². The summed E-state index contributed by atoms with van der Waals surface area (Å²) in [5, 5.41) is 6.83. The molecule has 2 rings (SSSR count). The van der Waals surface area contributed by atoms with Crippen LogP contribution in [0.2, 0.25) is 0 Å². The van der Waals surface area contributed by atoms with Gasteiger partial charge in [0.2, 0.25) is 11.8 Å². The Morgan fingerprint density at radius 1 is 1.41 bits per heavy atom. The molecule has 0 amide bonds. The summed E-state index contributed by atoms with van der Waals surface area (Å²) in [6, 6.07) is 1.72. The normalized spacial score (nSPS) is 10.2. The fraction of sp³-hybridized carbons (Fsp3) is 0.400. The first-order valence-electron chi connectivity index (χ1n) is 5.17. The van der Waals surface area contributed by atoms with E-state index in [9.17, 15) is 0 Å². The van der Waals surface area contributed by atoms with E-state index in [0.717, 1.165) is 0 Å². The van der Waals surface area contributed by atoms with E-state index in [2.05, 4.69) is 25.4 Å². The first-order valence-corrected chi connectivity index (χ1v) is 5.17. The van der Waals surface area contributed by atoms with E-state index >= 15 is 0 Å². The molecule has 0 aromatic carbocycles. The number of methoxy groups -OCH3 is 1. The predicted octanol–water partition coefficient (Wildman–Crippen LogP) is 0.831. The number of aromatic nitrogens is 4. The quantitative estimate of drug-likeness (QED) is 0.821. The maximum atomic E-state index is 4.99. The molecule has 1 N–H and O–H groups in total. The Bertz CT molecular complexity index is 485. The number of ether oxygens (including phenoxy) is 1. The largest absolute Gasteiger partial charge is 0.481 e. The SMILES string of the molecule is COc1cc(NCCc2nc(C)no2)ncn1. The zero-order valence-corrected chi connectivity index (χ0v) is 9.67. The molecule has 7 nitrogen and oxygen atoms in total. The van der Waals surface area contributed by atoms with Crippen LogP contribution in [-0.4, -0.2) is 33.8 Å². The van der Waals surface area contributed by atoms with Crippen molar-refractivity contribution in [3.63, 3.8) is 0 Å². The predicted molar refractivity (Wildman–Crippen MR) is 59.8 cm³/mol. The highest BCUT2D eigenvalue weighted by molar-refractivity contribution is 5.36. The van der Waals surface area contributed by atoms with Crippen LogP contribution in [-0.2, 0) is 6.42 Å². The molecule has 0 aliphatic carbocycles. The Kier molecular flexibility index (Phi) is 3.49. The van der Waals surface area contributed by atoms with Gasteiger partial charge in [-0.3, -0.25) is 0 Å². The molecule has 0 radical (unpaired) electrons. The minimum absolute atomic E-state index is 0.524. The smallest absolute Gasteiger partial charge is 0.228 e. The third-order valence-electron chi connectivity index (χ3n) is 2.07. The minimum Gasteiger partial charge on any atom is -0.481 e. The first-order chi connectivity index (χ1) is 8.28. The summed E-state index contributed by atoms with van der Waals surface area (Å²) in [7, 11) is 1.56. The number of anilines is 1. The molecule has 0 saturated heterocycles. The number of nitrogens with zero attached hydrogens (tertiary/aromatic N) is 4. The van der Waals surface area contributed by atoms with Gasteiger partial charge in [-0.15, -0.1) is 0 Å². The average molecular weight is 235 g/mol. The third kappa shape index (κ3) is 3.13.